The monoisotopic (exact) mass is 329 g/mol. The van der Waals surface area contributed by atoms with Gasteiger partial charge in [-0.25, -0.2) is 4.39 Å². The molecule has 4 rings (SSSR count). The maximum Gasteiger partial charge on any atom is 0.311 e. The van der Waals surface area contributed by atoms with Crippen LogP contribution in [0.3, 0.4) is 0 Å². The number of hydrogen-bond acceptors (Lipinski definition) is 3. The lowest BCUT2D eigenvalue weighted by molar-refractivity contribution is -0.149. The number of fused-ring (bicyclic) bond motifs is 1. The number of hydrogen-bond donors (Lipinski definition) is 2. The van der Waals surface area contributed by atoms with Crippen molar-refractivity contribution in [3.63, 3.8) is 0 Å². The summed E-state index contributed by atoms with van der Waals surface area (Å²) in [6.07, 6.45) is 4.57. The first-order chi connectivity index (χ1) is 11.6. The minimum absolute atomic E-state index is 0.246. The number of carboxylic acid groups (broad SMARTS) is 1. The largest absolute Gasteiger partial charge is 0.481 e. The van der Waals surface area contributed by atoms with Gasteiger partial charge in [-0.1, -0.05) is 6.42 Å². The van der Waals surface area contributed by atoms with Crippen molar-refractivity contribution in [1.29, 1.82) is 0 Å². The van der Waals surface area contributed by atoms with Gasteiger partial charge < -0.3 is 5.11 Å². The molecule has 2 heterocycles. The highest BCUT2D eigenvalue weighted by Crippen LogP contribution is 2.49. The van der Waals surface area contributed by atoms with E-state index in [-0.39, 0.29) is 11.7 Å². The van der Waals surface area contributed by atoms with E-state index in [9.17, 15) is 14.3 Å². The van der Waals surface area contributed by atoms with Gasteiger partial charge in [-0.05, 0) is 43.0 Å². The molecule has 2 aliphatic rings. The van der Waals surface area contributed by atoms with Crippen LogP contribution in [0.25, 0.3) is 11.3 Å². The maximum absolute atomic E-state index is 13.1. The molecule has 24 heavy (non-hydrogen) atoms. The zero-order valence-corrected chi connectivity index (χ0v) is 13.3. The van der Waals surface area contributed by atoms with Crippen molar-refractivity contribution in [3.05, 3.63) is 41.8 Å². The number of aliphatic carboxylic acids is 1. The SMILES string of the molecule is O=C(O)[C@@]12CCC[C@H]1CN(Cc1cn[nH]c1-c1ccc(F)cc1)C2. The van der Waals surface area contributed by atoms with Gasteiger partial charge in [0.25, 0.3) is 0 Å². The topological polar surface area (TPSA) is 69.2 Å². The van der Waals surface area contributed by atoms with E-state index in [4.69, 9.17) is 0 Å². The molecular weight excluding hydrogens is 309 g/mol. The molecule has 1 aliphatic heterocycles. The number of nitrogens with zero attached hydrogens (tertiary/aromatic N) is 2. The number of aromatic nitrogens is 2. The van der Waals surface area contributed by atoms with Crippen molar-refractivity contribution in [2.24, 2.45) is 11.3 Å². The normalized spacial score (nSPS) is 26.6. The van der Waals surface area contributed by atoms with E-state index < -0.39 is 11.4 Å². The van der Waals surface area contributed by atoms with Crippen LogP contribution in [0.15, 0.2) is 30.5 Å². The number of H-pyrrole nitrogens is 1. The quantitative estimate of drug-likeness (QED) is 0.905. The Balaban J connectivity index is 1.54. The molecule has 2 atom stereocenters. The van der Waals surface area contributed by atoms with Gasteiger partial charge in [0, 0.05) is 30.8 Å². The molecule has 0 bridgehead atoms. The summed E-state index contributed by atoms with van der Waals surface area (Å²) in [5.41, 5.74) is 2.20. The molecule has 5 nitrogen and oxygen atoms in total. The molecule has 126 valence electrons. The van der Waals surface area contributed by atoms with Gasteiger partial charge in [-0.15, -0.1) is 0 Å². The van der Waals surface area contributed by atoms with Gasteiger partial charge in [0.15, 0.2) is 0 Å². The highest BCUT2D eigenvalue weighted by Gasteiger charge is 2.54. The van der Waals surface area contributed by atoms with Crippen molar-refractivity contribution in [2.45, 2.75) is 25.8 Å². The third-order valence-corrected chi connectivity index (χ3v) is 5.61. The Hall–Kier alpha value is -2.21. The van der Waals surface area contributed by atoms with Gasteiger partial charge in [0.1, 0.15) is 5.82 Å². The van der Waals surface area contributed by atoms with E-state index in [1.165, 1.54) is 12.1 Å². The Morgan fingerprint density at radius 3 is 2.92 bits per heavy atom. The fraction of sp³-hybridized carbons (Fsp3) is 0.444. The third-order valence-electron chi connectivity index (χ3n) is 5.61. The maximum atomic E-state index is 13.1. The first-order valence-corrected chi connectivity index (χ1v) is 8.32. The van der Waals surface area contributed by atoms with Crippen LogP contribution >= 0.6 is 0 Å². The molecular formula is C18H20FN3O2. The Bertz CT molecular complexity index is 758. The van der Waals surface area contributed by atoms with E-state index in [2.05, 4.69) is 15.1 Å². The summed E-state index contributed by atoms with van der Waals surface area (Å²) in [7, 11) is 0. The third kappa shape index (κ3) is 2.41. The first kappa shape index (κ1) is 15.3. The number of aromatic amines is 1. The second-order valence-electron chi connectivity index (χ2n) is 7.00. The van der Waals surface area contributed by atoms with Crippen LogP contribution in [0.5, 0.6) is 0 Å². The van der Waals surface area contributed by atoms with Crippen molar-refractivity contribution in [2.75, 3.05) is 13.1 Å². The number of benzene rings is 1. The summed E-state index contributed by atoms with van der Waals surface area (Å²) in [6, 6.07) is 6.31. The van der Waals surface area contributed by atoms with Gasteiger partial charge in [-0.2, -0.15) is 5.10 Å². The van der Waals surface area contributed by atoms with E-state index in [0.29, 0.717) is 13.1 Å². The Morgan fingerprint density at radius 2 is 2.21 bits per heavy atom. The Labute approximate surface area is 139 Å². The van der Waals surface area contributed by atoms with Crippen LogP contribution < -0.4 is 0 Å². The highest BCUT2D eigenvalue weighted by molar-refractivity contribution is 5.76. The lowest BCUT2D eigenvalue weighted by Gasteiger charge is -2.23. The molecule has 1 aromatic heterocycles. The predicted octanol–water partition coefficient (Wildman–Crippen LogP) is 2.90. The lowest BCUT2D eigenvalue weighted by Crippen LogP contribution is -2.35. The van der Waals surface area contributed by atoms with Crippen molar-refractivity contribution >= 4 is 5.97 Å². The average molecular weight is 329 g/mol. The molecule has 6 heteroatoms. The van der Waals surface area contributed by atoms with Crippen LogP contribution in [0.2, 0.25) is 0 Å². The number of carboxylic acids is 1. The molecule has 2 N–H and O–H groups in total. The minimum atomic E-state index is -0.654. The van der Waals surface area contributed by atoms with E-state index in [0.717, 1.165) is 42.6 Å². The number of rotatable bonds is 4. The van der Waals surface area contributed by atoms with Crippen LogP contribution in [-0.4, -0.2) is 39.3 Å². The fourth-order valence-corrected chi connectivity index (χ4v) is 4.40. The van der Waals surface area contributed by atoms with Crippen LogP contribution in [0.1, 0.15) is 24.8 Å². The summed E-state index contributed by atoms with van der Waals surface area (Å²) in [5.74, 6) is -0.676. The van der Waals surface area contributed by atoms with Crippen molar-refractivity contribution in [3.8, 4) is 11.3 Å². The van der Waals surface area contributed by atoms with Gasteiger partial charge in [-0.3, -0.25) is 14.8 Å². The van der Waals surface area contributed by atoms with E-state index in [1.54, 1.807) is 18.3 Å². The summed E-state index contributed by atoms with van der Waals surface area (Å²) in [5, 5.41) is 16.8. The molecule has 0 spiro atoms. The minimum Gasteiger partial charge on any atom is -0.481 e. The number of likely N-dealkylation sites (tertiary alicyclic amines) is 1. The van der Waals surface area contributed by atoms with Crippen LogP contribution in [0, 0.1) is 17.2 Å². The fourth-order valence-electron chi connectivity index (χ4n) is 4.40. The predicted molar refractivity (Wildman–Crippen MR) is 86.7 cm³/mol. The molecule has 0 radical (unpaired) electrons. The zero-order valence-electron chi connectivity index (χ0n) is 13.3. The van der Waals surface area contributed by atoms with Crippen LogP contribution in [0.4, 0.5) is 4.39 Å². The van der Waals surface area contributed by atoms with Gasteiger partial charge in [0.05, 0.1) is 17.3 Å². The molecule has 2 aromatic rings. The summed E-state index contributed by atoms with van der Waals surface area (Å²) >= 11 is 0. The first-order valence-electron chi connectivity index (χ1n) is 8.32. The van der Waals surface area contributed by atoms with Gasteiger partial charge in [0.2, 0.25) is 0 Å². The molecule has 0 unspecified atom stereocenters. The number of carbonyl (C=O) groups is 1. The highest BCUT2D eigenvalue weighted by atomic mass is 19.1. The van der Waals surface area contributed by atoms with Crippen molar-refractivity contribution < 1.29 is 14.3 Å². The zero-order chi connectivity index (χ0) is 16.7. The molecule has 0 amide bonds. The van der Waals surface area contributed by atoms with Gasteiger partial charge >= 0.3 is 5.97 Å². The summed E-state index contributed by atoms with van der Waals surface area (Å²) < 4.78 is 13.1. The molecule has 1 saturated heterocycles. The number of halogens is 1. The molecule has 1 saturated carbocycles. The van der Waals surface area contributed by atoms with Crippen molar-refractivity contribution in [1.82, 2.24) is 15.1 Å². The Kier molecular flexibility index (Phi) is 3.64. The average Bonchev–Trinajstić information content (AvgIpc) is 3.22. The van der Waals surface area contributed by atoms with Crippen LogP contribution in [-0.2, 0) is 11.3 Å². The van der Waals surface area contributed by atoms with E-state index in [1.807, 2.05) is 0 Å². The smallest absolute Gasteiger partial charge is 0.311 e. The second kappa shape index (κ2) is 5.70. The molecule has 2 fully saturated rings. The standard InChI is InChI=1S/C18H20FN3O2/c19-15-5-3-12(4-6-15)16-13(8-20-21-16)9-22-10-14-2-1-7-18(14,11-22)17(23)24/h3-6,8,14H,1-2,7,9-11H2,(H,20,21)(H,23,24)/t14-,18+/m0/s1. The number of nitrogens with one attached hydrogen (secondary N) is 1. The summed E-state index contributed by atoms with van der Waals surface area (Å²) in [4.78, 5) is 14.0. The summed E-state index contributed by atoms with van der Waals surface area (Å²) in [6.45, 7) is 2.08. The molecule has 1 aromatic carbocycles. The lowest BCUT2D eigenvalue weighted by atomic mass is 9.81. The Morgan fingerprint density at radius 1 is 1.42 bits per heavy atom. The van der Waals surface area contributed by atoms with E-state index >= 15 is 0 Å². The second-order valence-corrected chi connectivity index (χ2v) is 7.00. The molecule has 1 aliphatic carbocycles.